The van der Waals surface area contributed by atoms with E-state index in [1.807, 2.05) is 17.5 Å². The van der Waals surface area contributed by atoms with Gasteiger partial charge in [-0.05, 0) is 30.0 Å². The Kier molecular flexibility index (Phi) is 2.83. The van der Waals surface area contributed by atoms with Crippen LogP contribution in [0, 0.1) is 0 Å². The summed E-state index contributed by atoms with van der Waals surface area (Å²) in [4.78, 5) is 12.4. The molecule has 0 spiro atoms. The van der Waals surface area contributed by atoms with Crippen molar-refractivity contribution in [3.63, 3.8) is 0 Å². The van der Waals surface area contributed by atoms with Gasteiger partial charge in [0, 0.05) is 11.3 Å². The summed E-state index contributed by atoms with van der Waals surface area (Å²) in [5.74, 6) is 0.339. The Balaban J connectivity index is 2.16. The van der Waals surface area contributed by atoms with Gasteiger partial charge in [0.25, 0.3) is 0 Å². The van der Waals surface area contributed by atoms with Crippen LogP contribution in [0.1, 0.15) is 17.7 Å². The highest BCUT2D eigenvalue weighted by atomic mass is 32.2. The first-order valence-corrected chi connectivity index (χ1v) is 6.49. The first-order chi connectivity index (χ1) is 6.73. The zero-order chi connectivity index (χ0) is 10.0. The van der Waals surface area contributed by atoms with E-state index in [2.05, 4.69) is 0 Å². The molecule has 1 atom stereocenters. The number of hydrogen-bond acceptors (Lipinski definition) is 3. The molecule has 1 unspecified atom stereocenters. The van der Waals surface area contributed by atoms with Crippen molar-refractivity contribution in [2.45, 2.75) is 24.0 Å². The standard InChI is InChI=1S/C10H12O2S2/c11-9(12)10(4-2-6-14-10)7-8-3-1-5-13-8/h1,3,5H,2,4,6-7H2,(H,11,12). The minimum atomic E-state index is -0.645. The second kappa shape index (κ2) is 3.95. The van der Waals surface area contributed by atoms with Gasteiger partial charge < -0.3 is 5.11 Å². The smallest absolute Gasteiger partial charge is 0.320 e. The molecule has 0 amide bonds. The van der Waals surface area contributed by atoms with E-state index in [1.54, 1.807) is 23.1 Å². The van der Waals surface area contributed by atoms with E-state index in [0.717, 1.165) is 18.6 Å². The lowest BCUT2D eigenvalue weighted by Gasteiger charge is -2.21. The lowest BCUT2D eigenvalue weighted by molar-refractivity contribution is -0.139. The second-order valence-electron chi connectivity index (χ2n) is 3.51. The number of rotatable bonds is 3. The van der Waals surface area contributed by atoms with Crippen LogP contribution in [-0.4, -0.2) is 21.6 Å². The maximum absolute atomic E-state index is 11.2. The molecule has 0 aromatic carbocycles. The molecule has 1 N–H and O–H groups in total. The number of carboxylic acid groups (broad SMARTS) is 1. The number of thioether (sulfide) groups is 1. The maximum Gasteiger partial charge on any atom is 0.320 e. The van der Waals surface area contributed by atoms with Crippen LogP contribution in [-0.2, 0) is 11.2 Å². The third kappa shape index (κ3) is 1.81. The predicted octanol–water partition coefficient (Wildman–Crippen LogP) is 2.64. The molecule has 2 nitrogen and oxygen atoms in total. The molecule has 1 aliphatic heterocycles. The lowest BCUT2D eigenvalue weighted by Crippen LogP contribution is -2.34. The number of aliphatic carboxylic acids is 1. The highest BCUT2D eigenvalue weighted by molar-refractivity contribution is 8.01. The number of thiophene rings is 1. The van der Waals surface area contributed by atoms with Crippen LogP contribution in [0.15, 0.2) is 17.5 Å². The molecule has 0 aliphatic carbocycles. The van der Waals surface area contributed by atoms with Crippen molar-refractivity contribution in [1.82, 2.24) is 0 Å². The number of carboxylic acids is 1. The van der Waals surface area contributed by atoms with Gasteiger partial charge in [0.05, 0.1) is 0 Å². The van der Waals surface area contributed by atoms with Crippen LogP contribution < -0.4 is 0 Å². The molecule has 0 saturated carbocycles. The van der Waals surface area contributed by atoms with E-state index >= 15 is 0 Å². The topological polar surface area (TPSA) is 37.3 Å². The summed E-state index contributed by atoms with van der Waals surface area (Å²) in [5, 5.41) is 11.3. The largest absolute Gasteiger partial charge is 0.480 e. The summed E-state index contributed by atoms with van der Waals surface area (Å²) < 4.78 is -0.537. The Bertz CT molecular complexity index is 313. The van der Waals surface area contributed by atoms with Gasteiger partial charge in [-0.25, -0.2) is 0 Å². The Morgan fingerprint density at radius 2 is 2.50 bits per heavy atom. The van der Waals surface area contributed by atoms with Crippen molar-refractivity contribution in [2.24, 2.45) is 0 Å². The quantitative estimate of drug-likeness (QED) is 0.864. The molecule has 1 fully saturated rings. The highest BCUT2D eigenvalue weighted by Gasteiger charge is 2.42. The van der Waals surface area contributed by atoms with E-state index in [0.29, 0.717) is 6.42 Å². The van der Waals surface area contributed by atoms with E-state index in [-0.39, 0.29) is 0 Å². The summed E-state index contributed by atoms with van der Waals surface area (Å²) in [6, 6.07) is 4.00. The fraction of sp³-hybridized carbons (Fsp3) is 0.500. The van der Waals surface area contributed by atoms with E-state index < -0.39 is 10.7 Å². The Hall–Kier alpha value is -0.480. The average Bonchev–Trinajstić information content (AvgIpc) is 2.76. The van der Waals surface area contributed by atoms with Gasteiger partial charge in [0.1, 0.15) is 4.75 Å². The SMILES string of the molecule is O=C(O)C1(Cc2cccs2)CCCS1. The van der Waals surface area contributed by atoms with Gasteiger partial charge >= 0.3 is 5.97 Å². The summed E-state index contributed by atoms with van der Waals surface area (Å²) in [5.41, 5.74) is 0. The van der Waals surface area contributed by atoms with Gasteiger partial charge in [0.2, 0.25) is 0 Å². The van der Waals surface area contributed by atoms with E-state index in [9.17, 15) is 9.90 Å². The fourth-order valence-corrected chi connectivity index (χ4v) is 4.04. The zero-order valence-corrected chi connectivity index (χ0v) is 9.37. The van der Waals surface area contributed by atoms with Gasteiger partial charge in [-0.1, -0.05) is 6.07 Å². The van der Waals surface area contributed by atoms with Gasteiger partial charge in [-0.2, -0.15) is 0 Å². The zero-order valence-electron chi connectivity index (χ0n) is 7.73. The van der Waals surface area contributed by atoms with Crippen LogP contribution >= 0.6 is 23.1 Å². The first kappa shape index (κ1) is 10.1. The number of hydrogen-bond donors (Lipinski definition) is 1. The summed E-state index contributed by atoms with van der Waals surface area (Å²) in [7, 11) is 0. The van der Waals surface area contributed by atoms with Gasteiger partial charge in [-0.15, -0.1) is 23.1 Å². The van der Waals surface area contributed by atoms with Crippen LogP contribution in [0.25, 0.3) is 0 Å². The van der Waals surface area contributed by atoms with E-state index in [1.165, 1.54) is 4.88 Å². The molecule has 2 heterocycles. The van der Waals surface area contributed by atoms with Crippen LogP contribution in [0.2, 0.25) is 0 Å². The first-order valence-electron chi connectivity index (χ1n) is 4.63. The molecule has 1 aromatic heterocycles. The average molecular weight is 228 g/mol. The van der Waals surface area contributed by atoms with Crippen LogP contribution in [0.4, 0.5) is 0 Å². The summed E-state index contributed by atoms with van der Waals surface area (Å²) in [6.07, 6.45) is 2.53. The minimum Gasteiger partial charge on any atom is -0.480 e. The molecule has 0 bridgehead atoms. The third-order valence-electron chi connectivity index (χ3n) is 2.53. The number of carbonyl (C=O) groups is 1. The summed E-state index contributed by atoms with van der Waals surface area (Å²) in [6.45, 7) is 0. The molecule has 0 radical (unpaired) electrons. The molecule has 1 aliphatic rings. The second-order valence-corrected chi connectivity index (χ2v) is 6.02. The van der Waals surface area contributed by atoms with Crippen molar-refractivity contribution in [3.8, 4) is 0 Å². The Morgan fingerprint density at radius 3 is 3.00 bits per heavy atom. The van der Waals surface area contributed by atoms with Crippen molar-refractivity contribution >= 4 is 29.1 Å². The van der Waals surface area contributed by atoms with Crippen LogP contribution in [0.5, 0.6) is 0 Å². The van der Waals surface area contributed by atoms with Crippen LogP contribution in [0.3, 0.4) is 0 Å². The van der Waals surface area contributed by atoms with Crippen molar-refractivity contribution in [1.29, 1.82) is 0 Å². The van der Waals surface area contributed by atoms with Crippen molar-refractivity contribution < 1.29 is 9.90 Å². The molecule has 1 aromatic rings. The Morgan fingerprint density at radius 1 is 1.64 bits per heavy atom. The predicted molar refractivity (Wildman–Crippen MR) is 60.1 cm³/mol. The van der Waals surface area contributed by atoms with Gasteiger partial charge in [-0.3, -0.25) is 4.79 Å². The minimum absolute atomic E-state index is 0.537. The molecule has 14 heavy (non-hydrogen) atoms. The fourth-order valence-electron chi connectivity index (χ4n) is 1.78. The monoisotopic (exact) mass is 228 g/mol. The van der Waals surface area contributed by atoms with Crippen molar-refractivity contribution in [3.05, 3.63) is 22.4 Å². The van der Waals surface area contributed by atoms with Crippen molar-refractivity contribution in [2.75, 3.05) is 5.75 Å². The third-order valence-corrected chi connectivity index (χ3v) is 4.98. The normalized spacial score (nSPS) is 26.6. The molecule has 76 valence electrons. The molecule has 4 heteroatoms. The van der Waals surface area contributed by atoms with E-state index in [4.69, 9.17) is 0 Å². The molecular formula is C10H12O2S2. The molecule has 2 rings (SSSR count). The summed E-state index contributed by atoms with van der Waals surface area (Å²) >= 11 is 3.25. The highest BCUT2D eigenvalue weighted by Crippen LogP contribution is 2.41. The molecular weight excluding hydrogens is 216 g/mol. The van der Waals surface area contributed by atoms with Gasteiger partial charge in [0.15, 0.2) is 0 Å². The molecule has 1 saturated heterocycles. The Labute approximate surface area is 91.3 Å². The lowest BCUT2D eigenvalue weighted by atomic mass is 9.98. The maximum atomic E-state index is 11.2.